The molecule has 1 N–H and O–H groups in total. The Morgan fingerprint density at radius 3 is 2.00 bits per heavy atom. The van der Waals surface area contributed by atoms with E-state index < -0.39 is 52.2 Å². The number of allylic oxidation sites excluding steroid dienone is 1. The molecule has 0 aromatic heterocycles. The number of aryl methyl sites for hydroxylation is 1. The van der Waals surface area contributed by atoms with E-state index in [1.807, 2.05) is 12.1 Å². The van der Waals surface area contributed by atoms with Gasteiger partial charge in [-0.25, -0.2) is 0 Å². The lowest BCUT2D eigenvalue weighted by Gasteiger charge is -2.33. The van der Waals surface area contributed by atoms with Gasteiger partial charge >= 0.3 is 12.4 Å². The van der Waals surface area contributed by atoms with Crippen molar-refractivity contribution in [2.75, 3.05) is 6.54 Å². The van der Waals surface area contributed by atoms with E-state index in [0.29, 0.717) is 18.6 Å². The Bertz CT molecular complexity index is 1480. The second-order valence-corrected chi connectivity index (χ2v) is 9.48. The van der Waals surface area contributed by atoms with Gasteiger partial charge in [-0.05, 0) is 43.5 Å². The Morgan fingerprint density at radius 1 is 0.829 bits per heavy atom. The highest BCUT2D eigenvalue weighted by molar-refractivity contribution is 6.19. The molecule has 11 heteroatoms. The molecule has 0 spiro atoms. The van der Waals surface area contributed by atoms with Crippen LogP contribution < -0.4 is 5.32 Å². The molecular formula is C30H24F6N2O3. The summed E-state index contributed by atoms with van der Waals surface area (Å²) in [5.74, 6) is -4.36. The second kappa shape index (κ2) is 11.2. The SMILES string of the molecule is CC1=C(C(=O)c2ccccc2)[C@](NC(=O)c2cccc(C(F)(F)F)c2)(C(F)(F)F)C(=O)N1CCCc1ccccc1. The van der Waals surface area contributed by atoms with E-state index in [9.17, 15) is 27.6 Å². The maximum absolute atomic E-state index is 15.0. The van der Waals surface area contributed by atoms with Gasteiger partial charge in [-0.2, -0.15) is 26.3 Å². The van der Waals surface area contributed by atoms with Crippen LogP contribution in [0, 0.1) is 0 Å². The summed E-state index contributed by atoms with van der Waals surface area (Å²) in [6.07, 6.45) is -9.76. The number of benzene rings is 3. The number of rotatable bonds is 8. The summed E-state index contributed by atoms with van der Waals surface area (Å²) < 4.78 is 84.8. The molecule has 41 heavy (non-hydrogen) atoms. The topological polar surface area (TPSA) is 66.5 Å². The fraction of sp³-hybridized carbons (Fsp3) is 0.233. The first kappa shape index (κ1) is 29.6. The molecule has 0 aliphatic carbocycles. The summed E-state index contributed by atoms with van der Waals surface area (Å²) in [5, 5.41) is 1.65. The van der Waals surface area contributed by atoms with Crippen molar-refractivity contribution in [2.24, 2.45) is 0 Å². The first-order valence-corrected chi connectivity index (χ1v) is 12.5. The fourth-order valence-corrected chi connectivity index (χ4v) is 4.82. The van der Waals surface area contributed by atoms with Crippen molar-refractivity contribution in [3.63, 3.8) is 0 Å². The van der Waals surface area contributed by atoms with Crippen LogP contribution >= 0.6 is 0 Å². The highest BCUT2D eigenvalue weighted by Crippen LogP contribution is 2.46. The van der Waals surface area contributed by atoms with Crippen molar-refractivity contribution < 1.29 is 40.7 Å². The number of hydrogen-bond acceptors (Lipinski definition) is 3. The molecule has 3 aromatic rings. The molecule has 5 nitrogen and oxygen atoms in total. The zero-order valence-electron chi connectivity index (χ0n) is 21.6. The molecule has 1 heterocycles. The van der Waals surface area contributed by atoms with Crippen LogP contribution in [0.1, 0.15) is 45.2 Å². The predicted octanol–water partition coefficient (Wildman–Crippen LogP) is 6.37. The zero-order valence-corrected chi connectivity index (χ0v) is 21.6. The molecule has 0 saturated carbocycles. The van der Waals surface area contributed by atoms with E-state index in [-0.39, 0.29) is 24.2 Å². The van der Waals surface area contributed by atoms with Crippen LogP contribution in [0.25, 0.3) is 0 Å². The number of alkyl halides is 6. The van der Waals surface area contributed by atoms with Crippen molar-refractivity contribution in [1.82, 2.24) is 10.2 Å². The fourth-order valence-electron chi connectivity index (χ4n) is 4.82. The molecule has 1 atom stereocenters. The molecule has 4 rings (SSSR count). The van der Waals surface area contributed by atoms with E-state index in [1.165, 1.54) is 31.2 Å². The Kier molecular flexibility index (Phi) is 8.10. The number of nitrogens with zero attached hydrogens (tertiary/aromatic N) is 1. The average Bonchev–Trinajstić information content (AvgIpc) is 3.15. The normalized spacial score (nSPS) is 17.6. The Labute approximate surface area is 231 Å². The van der Waals surface area contributed by atoms with Crippen molar-refractivity contribution in [1.29, 1.82) is 0 Å². The Balaban J connectivity index is 1.79. The highest BCUT2D eigenvalue weighted by Gasteiger charge is 2.70. The van der Waals surface area contributed by atoms with Crippen LogP contribution in [0.4, 0.5) is 26.3 Å². The molecule has 1 aliphatic heterocycles. The van der Waals surface area contributed by atoms with Crippen LogP contribution in [-0.4, -0.2) is 40.8 Å². The minimum atomic E-state index is -5.53. The van der Waals surface area contributed by atoms with Crippen LogP contribution in [-0.2, 0) is 17.4 Å². The minimum absolute atomic E-state index is 0.164. The number of Topliss-reactive ketones (excluding diaryl/α,β-unsaturated/α-hetero) is 1. The molecule has 0 fully saturated rings. The third-order valence-electron chi connectivity index (χ3n) is 6.84. The number of ketones is 1. The number of carbonyl (C=O) groups is 3. The smallest absolute Gasteiger partial charge is 0.326 e. The van der Waals surface area contributed by atoms with Crippen molar-refractivity contribution in [3.8, 4) is 0 Å². The summed E-state index contributed by atoms with van der Waals surface area (Å²) in [6, 6.07) is 18.7. The van der Waals surface area contributed by atoms with Gasteiger partial charge in [-0.1, -0.05) is 66.7 Å². The lowest BCUT2D eigenvalue weighted by atomic mass is 9.84. The lowest BCUT2D eigenvalue weighted by molar-refractivity contribution is -0.189. The van der Waals surface area contributed by atoms with Gasteiger partial charge in [0.15, 0.2) is 5.78 Å². The van der Waals surface area contributed by atoms with Crippen LogP contribution in [0.15, 0.2) is 96.2 Å². The van der Waals surface area contributed by atoms with Crippen LogP contribution in [0.2, 0.25) is 0 Å². The van der Waals surface area contributed by atoms with E-state index in [2.05, 4.69) is 0 Å². The van der Waals surface area contributed by atoms with Crippen LogP contribution in [0.5, 0.6) is 0 Å². The standard InChI is InChI=1S/C30H24F6N2O3/c1-19-24(25(39)21-13-6-3-7-14-21)28(30(34,35)36,27(41)38(19)17-9-12-20-10-4-2-5-11-20)37-26(40)22-15-8-16-23(18-22)29(31,32)33/h2-8,10-11,13-16,18H,9,12,17H2,1H3,(H,37,40)/t28-/m1/s1. The largest absolute Gasteiger partial charge is 0.425 e. The van der Waals surface area contributed by atoms with Crippen molar-refractivity contribution >= 4 is 17.6 Å². The summed E-state index contributed by atoms with van der Waals surface area (Å²) in [4.78, 5) is 41.2. The number of amides is 2. The molecule has 3 aromatic carbocycles. The van der Waals surface area contributed by atoms with Gasteiger partial charge in [0.2, 0.25) is 5.54 Å². The number of hydrogen-bond donors (Lipinski definition) is 1. The summed E-state index contributed by atoms with van der Waals surface area (Å²) >= 11 is 0. The maximum atomic E-state index is 15.0. The van der Waals surface area contributed by atoms with Gasteiger partial charge in [0.1, 0.15) is 0 Å². The number of halogens is 6. The predicted molar refractivity (Wildman–Crippen MR) is 138 cm³/mol. The zero-order chi connectivity index (χ0) is 30.0. The van der Waals surface area contributed by atoms with Gasteiger partial charge in [0.05, 0.1) is 11.1 Å². The molecule has 0 bridgehead atoms. The summed E-state index contributed by atoms with van der Waals surface area (Å²) in [7, 11) is 0. The first-order valence-electron chi connectivity index (χ1n) is 12.5. The van der Waals surface area contributed by atoms with Crippen LogP contribution in [0.3, 0.4) is 0 Å². The third-order valence-corrected chi connectivity index (χ3v) is 6.84. The van der Waals surface area contributed by atoms with Gasteiger partial charge in [-0.15, -0.1) is 0 Å². The van der Waals surface area contributed by atoms with Gasteiger partial charge < -0.3 is 10.2 Å². The Morgan fingerprint density at radius 2 is 1.41 bits per heavy atom. The number of carbonyl (C=O) groups excluding carboxylic acids is 3. The van der Waals surface area contributed by atoms with Crippen molar-refractivity contribution in [3.05, 3.63) is 118 Å². The van der Waals surface area contributed by atoms with Gasteiger partial charge in [0.25, 0.3) is 11.8 Å². The molecular weight excluding hydrogens is 550 g/mol. The third kappa shape index (κ3) is 5.75. The molecule has 2 amide bonds. The molecule has 0 unspecified atom stereocenters. The monoisotopic (exact) mass is 574 g/mol. The molecule has 1 aliphatic rings. The van der Waals surface area contributed by atoms with E-state index in [1.54, 1.807) is 29.6 Å². The first-order chi connectivity index (χ1) is 19.3. The molecule has 214 valence electrons. The number of nitrogens with one attached hydrogen (secondary N) is 1. The van der Waals surface area contributed by atoms with E-state index in [0.717, 1.165) is 22.6 Å². The molecule has 0 saturated heterocycles. The van der Waals surface area contributed by atoms with Crippen molar-refractivity contribution in [2.45, 2.75) is 37.7 Å². The minimum Gasteiger partial charge on any atom is -0.326 e. The molecule has 0 radical (unpaired) electrons. The van der Waals surface area contributed by atoms with Gasteiger partial charge in [0, 0.05) is 23.4 Å². The van der Waals surface area contributed by atoms with Gasteiger partial charge in [-0.3, -0.25) is 14.4 Å². The Hall–Kier alpha value is -4.41. The quantitative estimate of drug-likeness (QED) is 0.251. The van der Waals surface area contributed by atoms with E-state index >= 15 is 13.2 Å². The average molecular weight is 575 g/mol. The lowest BCUT2D eigenvalue weighted by Crippen LogP contribution is -2.66. The maximum Gasteiger partial charge on any atom is 0.425 e. The van der Waals surface area contributed by atoms with E-state index in [4.69, 9.17) is 0 Å². The second-order valence-electron chi connectivity index (χ2n) is 9.48. The highest BCUT2D eigenvalue weighted by atomic mass is 19.4. The summed E-state index contributed by atoms with van der Waals surface area (Å²) in [5.41, 5.74) is -6.46. The summed E-state index contributed by atoms with van der Waals surface area (Å²) in [6.45, 7) is 0.975.